The Kier molecular flexibility index (Phi) is 6.15. The smallest absolute Gasteiger partial charge is 0.410 e. The lowest BCUT2D eigenvalue weighted by Gasteiger charge is -2.28. The zero-order chi connectivity index (χ0) is 25.4. The van der Waals surface area contributed by atoms with Gasteiger partial charge in [-0.2, -0.15) is 10.2 Å². The van der Waals surface area contributed by atoms with Crippen LogP contribution in [-0.4, -0.2) is 60.2 Å². The highest BCUT2D eigenvalue weighted by Crippen LogP contribution is 2.35. The molecule has 188 valence electrons. The number of carbonyl (C=O) groups is 1. The van der Waals surface area contributed by atoms with Crippen LogP contribution in [0, 0.1) is 0 Å². The molecule has 3 heterocycles. The topological polar surface area (TPSA) is 86.8 Å². The molecule has 4 aromatic rings. The molecule has 1 amide bonds. The summed E-state index contributed by atoms with van der Waals surface area (Å²) in [6.07, 6.45) is 9.41. The predicted molar refractivity (Wildman–Crippen MR) is 137 cm³/mol. The molecule has 3 aromatic heterocycles. The average Bonchev–Trinajstić information content (AvgIpc) is 3.57. The second-order valence-electron chi connectivity index (χ2n) is 10.3. The third-order valence-electron chi connectivity index (χ3n) is 6.41. The van der Waals surface area contributed by atoms with Gasteiger partial charge in [-0.15, -0.1) is 0 Å². The van der Waals surface area contributed by atoms with Crippen LogP contribution in [0.1, 0.15) is 40.0 Å². The van der Waals surface area contributed by atoms with Crippen molar-refractivity contribution in [3.63, 3.8) is 0 Å². The molecule has 1 aliphatic rings. The maximum absolute atomic E-state index is 12.6. The molecule has 1 aliphatic carbocycles. The molecule has 0 aliphatic heterocycles. The van der Waals surface area contributed by atoms with Gasteiger partial charge in [-0.05, 0) is 39.2 Å². The van der Waals surface area contributed by atoms with E-state index in [2.05, 4.69) is 22.3 Å². The van der Waals surface area contributed by atoms with Crippen LogP contribution >= 0.6 is 0 Å². The van der Waals surface area contributed by atoms with Gasteiger partial charge in [-0.3, -0.25) is 4.68 Å². The molecule has 0 N–H and O–H groups in total. The van der Waals surface area contributed by atoms with Gasteiger partial charge >= 0.3 is 6.09 Å². The lowest BCUT2D eigenvalue weighted by Crippen LogP contribution is -2.40. The van der Waals surface area contributed by atoms with Crippen LogP contribution in [0.2, 0.25) is 0 Å². The van der Waals surface area contributed by atoms with Gasteiger partial charge in [-0.1, -0.05) is 30.3 Å². The molecule has 0 unspecified atom stereocenters. The standard InChI is InChI=1S/C27H32N6O3/c1-27(2,3)36-26(34)32(5)20-11-12-21(13-20)35-25-24-22(18-9-7-6-8-10-18)15-29-33(24)17-23(30-25)19-14-28-31(4)16-19/h6-10,14-17,20-21H,11-13H2,1-5H3/t20-,21+/m1/s1. The van der Waals surface area contributed by atoms with Crippen molar-refractivity contribution in [3.05, 3.63) is 55.1 Å². The lowest BCUT2D eigenvalue weighted by molar-refractivity contribution is 0.0218. The van der Waals surface area contributed by atoms with Gasteiger partial charge in [0.15, 0.2) is 0 Å². The van der Waals surface area contributed by atoms with Gasteiger partial charge < -0.3 is 14.4 Å². The van der Waals surface area contributed by atoms with Crippen molar-refractivity contribution in [3.8, 4) is 28.3 Å². The first-order valence-electron chi connectivity index (χ1n) is 12.2. The van der Waals surface area contributed by atoms with Gasteiger partial charge in [0.2, 0.25) is 5.88 Å². The number of hydrogen-bond donors (Lipinski definition) is 0. The van der Waals surface area contributed by atoms with Crippen molar-refractivity contribution in [1.82, 2.24) is 29.3 Å². The second kappa shape index (κ2) is 9.29. The fourth-order valence-electron chi connectivity index (χ4n) is 4.60. The van der Waals surface area contributed by atoms with Crippen LogP contribution in [-0.2, 0) is 11.8 Å². The number of fused-ring (bicyclic) bond motifs is 1. The van der Waals surface area contributed by atoms with Gasteiger partial charge in [0.05, 0.1) is 24.3 Å². The molecule has 1 saturated carbocycles. The number of aromatic nitrogens is 5. The molecule has 1 aromatic carbocycles. The summed E-state index contributed by atoms with van der Waals surface area (Å²) in [5.41, 5.74) is 3.90. The summed E-state index contributed by atoms with van der Waals surface area (Å²) in [6, 6.07) is 10.1. The first-order valence-corrected chi connectivity index (χ1v) is 12.2. The molecule has 9 nitrogen and oxygen atoms in total. The van der Waals surface area contributed by atoms with Crippen LogP contribution in [0.3, 0.4) is 0 Å². The highest BCUT2D eigenvalue weighted by Gasteiger charge is 2.34. The van der Waals surface area contributed by atoms with E-state index >= 15 is 0 Å². The molecule has 0 radical (unpaired) electrons. The van der Waals surface area contributed by atoms with E-state index in [1.54, 1.807) is 22.8 Å². The van der Waals surface area contributed by atoms with E-state index in [1.165, 1.54) is 0 Å². The number of nitrogens with zero attached hydrogens (tertiary/aromatic N) is 6. The summed E-state index contributed by atoms with van der Waals surface area (Å²) in [4.78, 5) is 19.2. The zero-order valence-electron chi connectivity index (χ0n) is 21.4. The number of hydrogen-bond acceptors (Lipinski definition) is 6. The summed E-state index contributed by atoms with van der Waals surface area (Å²) in [5.74, 6) is 0.526. The third-order valence-corrected chi connectivity index (χ3v) is 6.41. The number of benzene rings is 1. The van der Waals surface area contributed by atoms with Crippen LogP contribution in [0.25, 0.3) is 27.9 Å². The molecule has 1 fully saturated rings. The van der Waals surface area contributed by atoms with Gasteiger partial charge in [0.25, 0.3) is 0 Å². The molecule has 36 heavy (non-hydrogen) atoms. The second-order valence-corrected chi connectivity index (χ2v) is 10.3. The zero-order valence-corrected chi connectivity index (χ0v) is 21.4. The van der Waals surface area contributed by atoms with Crippen LogP contribution in [0.15, 0.2) is 55.1 Å². The van der Waals surface area contributed by atoms with Crippen LogP contribution in [0.4, 0.5) is 4.79 Å². The summed E-state index contributed by atoms with van der Waals surface area (Å²) in [7, 11) is 3.67. The molecule has 9 heteroatoms. The number of rotatable bonds is 5. The van der Waals surface area contributed by atoms with Crippen LogP contribution in [0.5, 0.6) is 5.88 Å². The third kappa shape index (κ3) is 4.91. The minimum absolute atomic E-state index is 0.0425. The maximum Gasteiger partial charge on any atom is 0.410 e. The van der Waals surface area contributed by atoms with Crippen molar-refractivity contribution in [2.24, 2.45) is 7.05 Å². The average molecular weight is 489 g/mol. The highest BCUT2D eigenvalue weighted by atomic mass is 16.6. The fourth-order valence-corrected chi connectivity index (χ4v) is 4.60. The van der Waals surface area contributed by atoms with Gasteiger partial charge in [0, 0.05) is 43.9 Å². The van der Waals surface area contributed by atoms with E-state index in [4.69, 9.17) is 14.5 Å². The van der Waals surface area contributed by atoms with Crippen molar-refractivity contribution in [2.45, 2.75) is 57.8 Å². The molecular weight excluding hydrogens is 456 g/mol. The lowest BCUT2D eigenvalue weighted by atomic mass is 10.1. The Morgan fingerprint density at radius 3 is 2.53 bits per heavy atom. The van der Waals surface area contributed by atoms with E-state index in [0.29, 0.717) is 12.3 Å². The summed E-state index contributed by atoms with van der Waals surface area (Å²) in [5, 5.41) is 8.91. The first kappa shape index (κ1) is 23.8. The van der Waals surface area contributed by atoms with Crippen molar-refractivity contribution in [2.75, 3.05) is 7.05 Å². The Bertz CT molecular complexity index is 1370. The molecule has 0 spiro atoms. The van der Waals surface area contributed by atoms with Crippen molar-refractivity contribution in [1.29, 1.82) is 0 Å². The number of carbonyl (C=O) groups excluding carboxylic acids is 1. The predicted octanol–water partition coefficient (Wildman–Crippen LogP) is 4.96. The number of ether oxygens (including phenoxy) is 2. The summed E-state index contributed by atoms with van der Waals surface area (Å²) >= 11 is 0. The Labute approximate surface area is 210 Å². The molecular formula is C27H32N6O3. The summed E-state index contributed by atoms with van der Waals surface area (Å²) < 4.78 is 15.7. The Hall–Kier alpha value is -3.88. The SMILES string of the molecule is CN(C(=O)OC(C)(C)C)[C@@H]1CC[C@H](Oc2nc(-c3cnn(C)c3)cn3ncc(-c4ccccc4)c23)C1. The van der Waals surface area contributed by atoms with E-state index in [9.17, 15) is 4.79 Å². The number of amides is 1. The maximum atomic E-state index is 12.6. The van der Waals surface area contributed by atoms with Gasteiger partial charge in [-0.25, -0.2) is 14.3 Å². The van der Waals surface area contributed by atoms with E-state index < -0.39 is 5.60 Å². The number of aryl methyl sites for hydroxylation is 1. The largest absolute Gasteiger partial charge is 0.473 e. The quantitative estimate of drug-likeness (QED) is 0.395. The van der Waals surface area contributed by atoms with Crippen molar-refractivity contribution < 1.29 is 14.3 Å². The van der Waals surface area contributed by atoms with E-state index in [1.807, 2.05) is 69.1 Å². The monoisotopic (exact) mass is 488 g/mol. The highest BCUT2D eigenvalue weighted by molar-refractivity contribution is 5.84. The Balaban J connectivity index is 1.45. The fraction of sp³-hybridized carbons (Fsp3) is 0.407. The first-order chi connectivity index (χ1) is 17.2. The minimum atomic E-state index is -0.530. The van der Waals surface area contributed by atoms with E-state index in [0.717, 1.165) is 40.7 Å². The Morgan fingerprint density at radius 1 is 1.06 bits per heavy atom. The molecule has 0 bridgehead atoms. The normalized spacial score (nSPS) is 17.9. The molecule has 0 saturated heterocycles. The van der Waals surface area contributed by atoms with Crippen LogP contribution < -0.4 is 4.74 Å². The molecule has 5 rings (SSSR count). The van der Waals surface area contributed by atoms with Crippen molar-refractivity contribution >= 4 is 11.6 Å². The molecule has 2 atom stereocenters. The Morgan fingerprint density at radius 2 is 1.83 bits per heavy atom. The minimum Gasteiger partial charge on any atom is -0.473 e. The van der Waals surface area contributed by atoms with Gasteiger partial charge in [0.1, 0.15) is 17.2 Å². The van der Waals surface area contributed by atoms with E-state index in [-0.39, 0.29) is 18.2 Å². The summed E-state index contributed by atoms with van der Waals surface area (Å²) in [6.45, 7) is 5.63.